The van der Waals surface area contributed by atoms with E-state index in [0.29, 0.717) is 17.5 Å². The topological polar surface area (TPSA) is 81.6 Å². The standard InChI is InChI=1S/C24H35N5O2S/c1-4-29(13-12-23(2)15-28(3)19-8-6-5-7-17(19)23)22-25-18-9-14-32(31)20(18)21(26-22)27-24(16-30)10-11-24/h6,8,30H,4-5,7,9-16H2,1-3H3,(H,25,26,27). The summed E-state index contributed by atoms with van der Waals surface area (Å²) in [4.78, 5) is 15.1. The van der Waals surface area contributed by atoms with Crippen LogP contribution < -0.4 is 10.2 Å². The number of aromatic nitrogens is 2. The van der Waals surface area contributed by atoms with Gasteiger partial charge in [-0.1, -0.05) is 13.0 Å². The van der Waals surface area contributed by atoms with Crippen LogP contribution in [0.2, 0.25) is 0 Å². The summed E-state index contributed by atoms with van der Waals surface area (Å²) in [5, 5.41) is 13.2. The summed E-state index contributed by atoms with van der Waals surface area (Å²) in [7, 11) is 1.13. The molecule has 2 N–H and O–H groups in total. The molecule has 0 amide bonds. The van der Waals surface area contributed by atoms with E-state index < -0.39 is 10.8 Å². The minimum absolute atomic E-state index is 0.0724. The number of hydrogen-bond donors (Lipinski definition) is 2. The molecule has 0 aromatic carbocycles. The molecule has 3 heterocycles. The SMILES string of the molecule is CCN(CCC1(C)CN(C)C2=C1CCC=C2)c1nc2c(c(NC3(CO)CC3)n1)S(=O)CC2. The second-order valence-corrected chi connectivity index (χ2v) is 11.6. The molecule has 32 heavy (non-hydrogen) atoms. The Kier molecular flexibility index (Phi) is 5.56. The maximum absolute atomic E-state index is 12.6. The maximum Gasteiger partial charge on any atom is 0.227 e. The van der Waals surface area contributed by atoms with E-state index in [9.17, 15) is 9.32 Å². The lowest BCUT2D eigenvalue weighted by atomic mass is 9.77. The molecule has 0 bridgehead atoms. The molecule has 5 rings (SSSR count). The van der Waals surface area contributed by atoms with Crippen LogP contribution in [-0.2, 0) is 17.2 Å². The number of aryl methyl sites for hydroxylation is 1. The fourth-order valence-electron chi connectivity index (χ4n) is 5.47. The summed E-state index contributed by atoms with van der Waals surface area (Å²) in [5.41, 5.74) is 3.75. The fraction of sp³-hybridized carbons (Fsp3) is 0.667. The molecule has 7 nitrogen and oxygen atoms in total. The number of hydrogen-bond acceptors (Lipinski definition) is 7. The Morgan fingerprint density at radius 2 is 2.12 bits per heavy atom. The first kappa shape index (κ1) is 21.9. The highest BCUT2D eigenvalue weighted by Gasteiger charge is 2.44. The van der Waals surface area contributed by atoms with Crippen molar-refractivity contribution in [1.82, 2.24) is 14.9 Å². The molecule has 0 radical (unpaired) electrons. The number of nitrogens with zero attached hydrogens (tertiary/aromatic N) is 4. The molecule has 1 aromatic heterocycles. The molecule has 1 aromatic rings. The van der Waals surface area contributed by atoms with Gasteiger partial charge in [-0.2, -0.15) is 4.98 Å². The third kappa shape index (κ3) is 3.75. The molecule has 1 fully saturated rings. The first-order valence-electron chi connectivity index (χ1n) is 11.9. The van der Waals surface area contributed by atoms with Crippen molar-refractivity contribution in [3.63, 3.8) is 0 Å². The summed E-state index contributed by atoms with van der Waals surface area (Å²) in [6, 6.07) is 0. The Balaban J connectivity index is 1.39. The Bertz CT molecular complexity index is 1000. The highest BCUT2D eigenvalue weighted by Crippen LogP contribution is 2.45. The van der Waals surface area contributed by atoms with E-state index in [-0.39, 0.29) is 17.6 Å². The van der Waals surface area contributed by atoms with Gasteiger partial charge >= 0.3 is 0 Å². The van der Waals surface area contributed by atoms with Crippen LogP contribution in [0.15, 0.2) is 28.3 Å². The zero-order chi connectivity index (χ0) is 22.5. The van der Waals surface area contributed by atoms with Gasteiger partial charge in [0.15, 0.2) is 0 Å². The van der Waals surface area contributed by atoms with Crippen molar-refractivity contribution in [1.29, 1.82) is 0 Å². The molecule has 0 spiro atoms. The average Bonchev–Trinajstić information content (AvgIpc) is 3.39. The molecule has 2 aliphatic heterocycles. The van der Waals surface area contributed by atoms with Crippen molar-refractivity contribution in [3.05, 3.63) is 29.1 Å². The van der Waals surface area contributed by atoms with Gasteiger partial charge in [-0.15, -0.1) is 0 Å². The van der Waals surface area contributed by atoms with E-state index in [4.69, 9.17) is 9.97 Å². The normalized spacial score (nSPS) is 27.5. The number of aliphatic hydroxyl groups excluding tert-OH is 1. The molecular weight excluding hydrogens is 422 g/mol. The lowest BCUT2D eigenvalue weighted by molar-refractivity contribution is 0.265. The third-order valence-corrected chi connectivity index (χ3v) is 9.14. The summed E-state index contributed by atoms with van der Waals surface area (Å²) >= 11 is 0. The van der Waals surface area contributed by atoms with Crippen molar-refractivity contribution in [2.24, 2.45) is 5.41 Å². The van der Waals surface area contributed by atoms with E-state index in [1.165, 1.54) is 5.70 Å². The summed E-state index contributed by atoms with van der Waals surface area (Å²) < 4.78 is 12.6. The molecule has 4 aliphatic rings. The first-order chi connectivity index (χ1) is 15.4. The smallest absolute Gasteiger partial charge is 0.227 e. The molecular formula is C24H35N5O2S. The van der Waals surface area contributed by atoms with Crippen molar-refractivity contribution in [2.45, 2.75) is 62.8 Å². The Hall–Kier alpha value is -1.93. The van der Waals surface area contributed by atoms with E-state index in [0.717, 1.165) is 68.7 Å². The van der Waals surface area contributed by atoms with Crippen LogP contribution in [0.4, 0.5) is 11.8 Å². The average molecular weight is 458 g/mol. The van der Waals surface area contributed by atoms with Crippen molar-refractivity contribution in [3.8, 4) is 0 Å². The minimum Gasteiger partial charge on any atom is -0.394 e. The molecule has 8 heteroatoms. The maximum atomic E-state index is 12.6. The lowest BCUT2D eigenvalue weighted by Crippen LogP contribution is -2.34. The van der Waals surface area contributed by atoms with Crippen LogP contribution in [0.3, 0.4) is 0 Å². The highest BCUT2D eigenvalue weighted by atomic mass is 32.2. The molecule has 174 valence electrons. The van der Waals surface area contributed by atoms with Gasteiger partial charge in [0.05, 0.1) is 28.6 Å². The number of rotatable bonds is 8. The van der Waals surface area contributed by atoms with Crippen molar-refractivity contribution >= 4 is 22.6 Å². The van der Waals surface area contributed by atoms with Gasteiger partial charge in [0, 0.05) is 50.0 Å². The van der Waals surface area contributed by atoms with Crippen LogP contribution in [0.5, 0.6) is 0 Å². The van der Waals surface area contributed by atoms with Crippen molar-refractivity contribution in [2.75, 3.05) is 49.3 Å². The van der Waals surface area contributed by atoms with Gasteiger partial charge in [0.2, 0.25) is 5.95 Å². The largest absolute Gasteiger partial charge is 0.394 e. The van der Waals surface area contributed by atoms with Crippen LogP contribution in [0.1, 0.15) is 51.6 Å². The molecule has 0 saturated heterocycles. The minimum atomic E-state index is -1.07. The number of nitrogens with one attached hydrogen (secondary N) is 1. The van der Waals surface area contributed by atoms with Crippen LogP contribution in [0.25, 0.3) is 0 Å². The van der Waals surface area contributed by atoms with Crippen molar-refractivity contribution < 1.29 is 9.32 Å². The summed E-state index contributed by atoms with van der Waals surface area (Å²) in [5.74, 6) is 1.99. The highest BCUT2D eigenvalue weighted by molar-refractivity contribution is 7.85. The second-order valence-electron chi connectivity index (χ2n) is 10.1. The quantitative estimate of drug-likeness (QED) is 0.621. The number of likely N-dealkylation sites (N-methyl/N-ethyl adjacent to an activating group) is 1. The van der Waals surface area contributed by atoms with E-state index in [1.54, 1.807) is 5.57 Å². The molecule has 2 aliphatic carbocycles. The van der Waals surface area contributed by atoms with Gasteiger partial charge in [-0.3, -0.25) is 4.21 Å². The zero-order valence-corrected chi connectivity index (χ0v) is 20.3. The van der Waals surface area contributed by atoms with Crippen LogP contribution >= 0.6 is 0 Å². The number of aliphatic hydroxyl groups is 1. The van der Waals surface area contributed by atoms with Gasteiger partial charge in [-0.25, -0.2) is 4.98 Å². The predicted octanol–water partition coefficient (Wildman–Crippen LogP) is 2.85. The monoisotopic (exact) mass is 457 g/mol. The molecule has 1 saturated carbocycles. The number of fused-ring (bicyclic) bond motifs is 1. The number of allylic oxidation sites excluding steroid dienone is 2. The van der Waals surface area contributed by atoms with Gasteiger partial charge in [-0.05, 0) is 50.7 Å². The Labute approximate surface area is 193 Å². The summed E-state index contributed by atoms with van der Waals surface area (Å²) in [6.45, 7) is 7.38. The lowest BCUT2D eigenvalue weighted by Gasteiger charge is -2.32. The predicted molar refractivity (Wildman–Crippen MR) is 128 cm³/mol. The fourth-order valence-corrected chi connectivity index (χ4v) is 6.78. The van der Waals surface area contributed by atoms with E-state index >= 15 is 0 Å². The van der Waals surface area contributed by atoms with Gasteiger partial charge < -0.3 is 20.2 Å². The van der Waals surface area contributed by atoms with Gasteiger partial charge in [0.25, 0.3) is 0 Å². The Morgan fingerprint density at radius 1 is 1.31 bits per heavy atom. The molecule has 2 unspecified atom stereocenters. The van der Waals surface area contributed by atoms with Crippen LogP contribution in [-0.4, -0.2) is 68.8 Å². The third-order valence-electron chi connectivity index (χ3n) is 7.69. The van der Waals surface area contributed by atoms with Gasteiger partial charge in [0.1, 0.15) is 10.7 Å². The number of anilines is 2. The summed E-state index contributed by atoms with van der Waals surface area (Å²) in [6.07, 6.45) is 10.5. The second kappa shape index (κ2) is 8.13. The zero-order valence-electron chi connectivity index (χ0n) is 19.5. The van der Waals surface area contributed by atoms with E-state index in [1.807, 2.05) is 0 Å². The first-order valence-corrected chi connectivity index (χ1v) is 13.2. The molecule has 2 atom stereocenters. The van der Waals surface area contributed by atoms with E-state index in [2.05, 4.69) is 48.2 Å². The van der Waals surface area contributed by atoms with Crippen LogP contribution in [0, 0.1) is 5.41 Å². The Morgan fingerprint density at radius 3 is 2.84 bits per heavy atom.